The van der Waals surface area contributed by atoms with Gasteiger partial charge in [0.15, 0.2) is 0 Å². The molecule has 2 heterocycles. The lowest BCUT2D eigenvalue weighted by Crippen LogP contribution is -2.44. The van der Waals surface area contributed by atoms with E-state index in [4.69, 9.17) is 4.98 Å². The van der Waals surface area contributed by atoms with Crippen LogP contribution in [0.3, 0.4) is 0 Å². The molecule has 0 bridgehead atoms. The third kappa shape index (κ3) is 5.06. The maximum Gasteiger partial charge on any atom is 0.416 e. The van der Waals surface area contributed by atoms with Gasteiger partial charge in [-0.3, -0.25) is 4.90 Å². The Balaban J connectivity index is 1.48. The lowest BCUT2D eigenvalue weighted by atomic mass is 10.1. The van der Waals surface area contributed by atoms with Gasteiger partial charge in [-0.2, -0.15) is 13.2 Å². The summed E-state index contributed by atoms with van der Waals surface area (Å²) in [7, 11) is 2.14. The molecule has 30 heavy (non-hydrogen) atoms. The maximum absolute atomic E-state index is 12.7. The van der Waals surface area contributed by atoms with E-state index in [0.29, 0.717) is 4.90 Å². The van der Waals surface area contributed by atoms with Crippen LogP contribution in [-0.2, 0) is 12.7 Å². The Kier molecular flexibility index (Phi) is 6.17. The number of piperazine rings is 1. The van der Waals surface area contributed by atoms with Gasteiger partial charge in [0.2, 0.25) is 0 Å². The number of hydrogen-bond acceptors (Lipinski definition) is 5. The first-order valence-corrected chi connectivity index (χ1v) is 10.6. The van der Waals surface area contributed by atoms with Gasteiger partial charge in [0, 0.05) is 43.0 Å². The highest BCUT2D eigenvalue weighted by Crippen LogP contribution is 2.32. The molecule has 0 unspecified atom stereocenters. The number of hydrogen-bond donors (Lipinski definition) is 1. The van der Waals surface area contributed by atoms with Crippen molar-refractivity contribution in [1.82, 2.24) is 14.8 Å². The molecule has 8 heteroatoms. The third-order valence-corrected chi connectivity index (χ3v) is 6.05. The Morgan fingerprint density at radius 1 is 0.967 bits per heavy atom. The van der Waals surface area contributed by atoms with Crippen LogP contribution in [0.1, 0.15) is 11.3 Å². The Labute approximate surface area is 178 Å². The van der Waals surface area contributed by atoms with Crippen LogP contribution in [0.2, 0.25) is 0 Å². The number of alkyl halides is 3. The fourth-order valence-electron chi connectivity index (χ4n) is 3.42. The van der Waals surface area contributed by atoms with Gasteiger partial charge in [0.25, 0.3) is 0 Å². The number of pyridine rings is 1. The van der Waals surface area contributed by atoms with Crippen molar-refractivity contribution >= 4 is 28.5 Å². The molecule has 158 valence electrons. The van der Waals surface area contributed by atoms with E-state index in [2.05, 4.69) is 33.7 Å². The summed E-state index contributed by atoms with van der Waals surface area (Å²) >= 11 is 1.28. The molecular formula is C22H23F3N4S. The minimum absolute atomic E-state index is 0.646. The number of nitrogens with one attached hydrogen (secondary N) is 1. The second kappa shape index (κ2) is 8.83. The van der Waals surface area contributed by atoms with Gasteiger partial charge >= 0.3 is 6.18 Å². The third-order valence-electron chi connectivity index (χ3n) is 5.22. The van der Waals surface area contributed by atoms with Gasteiger partial charge in [-0.1, -0.05) is 18.2 Å². The van der Waals surface area contributed by atoms with Gasteiger partial charge in [-0.25, -0.2) is 4.98 Å². The highest BCUT2D eigenvalue weighted by Gasteiger charge is 2.29. The summed E-state index contributed by atoms with van der Waals surface area (Å²) in [6.07, 6.45) is -4.32. The Hall–Kier alpha value is -2.29. The second-order valence-electron chi connectivity index (χ2n) is 7.49. The van der Waals surface area contributed by atoms with Crippen LogP contribution in [0.15, 0.2) is 59.5 Å². The van der Waals surface area contributed by atoms with Crippen LogP contribution in [0.5, 0.6) is 0 Å². The largest absolute Gasteiger partial charge is 0.416 e. The fourth-order valence-corrected chi connectivity index (χ4v) is 4.08. The van der Waals surface area contributed by atoms with Gasteiger partial charge in [0.1, 0.15) is 0 Å². The molecule has 0 atom stereocenters. The van der Waals surface area contributed by atoms with E-state index in [1.165, 1.54) is 24.1 Å². The van der Waals surface area contributed by atoms with Crippen LogP contribution in [0.25, 0.3) is 10.9 Å². The molecule has 0 amide bonds. The molecule has 0 spiro atoms. The van der Waals surface area contributed by atoms with E-state index in [1.54, 1.807) is 0 Å². The second-order valence-corrected chi connectivity index (χ2v) is 8.37. The molecule has 0 radical (unpaired) electrons. The van der Waals surface area contributed by atoms with Crippen molar-refractivity contribution in [1.29, 1.82) is 0 Å². The lowest BCUT2D eigenvalue weighted by Gasteiger charge is -2.32. The van der Waals surface area contributed by atoms with E-state index in [1.807, 2.05) is 18.2 Å². The van der Waals surface area contributed by atoms with Crippen LogP contribution in [0.4, 0.5) is 18.9 Å². The number of anilines is 1. The van der Waals surface area contributed by atoms with Crippen LogP contribution < -0.4 is 4.72 Å². The Morgan fingerprint density at radius 2 is 1.70 bits per heavy atom. The lowest BCUT2D eigenvalue weighted by molar-refractivity contribution is -0.137. The van der Waals surface area contributed by atoms with Gasteiger partial charge in [0.05, 0.1) is 22.5 Å². The summed E-state index contributed by atoms with van der Waals surface area (Å²) in [6, 6.07) is 15.2. The maximum atomic E-state index is 12.7. The molecule has 1 N–H and O–H groups in total. The summed E-state index contributed by atoms with van der Waals surface area (Å²) in [4.78, 5) is 10.3. The predicted octanol–water partition coefficient (Wildman–Crippen LogP) is 5.12. The molecular weight excluding hydrogens is 409 g/mol. The topological polar surface area (TPSA) is 31.4 Å². The van der Waals surface area contributed by atoms with Gasteiger partial charge in [-0.05, 0) is 55.4 Å². The van der Waals surface area contributed by atoms with Crippen molar-refractivity contribution in [2.24, 2.45) is 0 Å². The molecule has 4 nitrogen and oxygen atoms in total. The van der Waals surface area contributed by atoms with E-state index < -0.39 is 11.7 Å². The van der Waals surface area contributed by atoms with Crippen molar-refractivity contribution in [3.8, 4) is 0 Å². The number of likely N-dealkylation sites (N-methyl/N-ethyl adjacent to an activating group) is 1. The van der Waals surface area contributed by atoms with E-state index >= 15 is 0 Å². The van der Waals surface area contributed by atoms with Crippen molar-refractivity contribution in [3.05, 3.63) is 65.9 Å². The molecule has 4 rings (SSSR count). The first-order chi connectivity index (χ1) is 14.4. The van der Waals surface area contributed by atoms with Crippen molar-refractivity contribution in [3.63, 3.8) is 0 Å². The molecule has 1 aromatic heterocycles. The van der Waals surface area contributed by atoms with Crippen LogP contribution in [0, 0.1) is 0 Å². The summed E-state index contributed by atoms with van der Waals surface area (Å²) in [6.45, 7) is 4.98. The number of rotatable bonds is 5. The zero-order valence-corrected chi connectivity index (χ0v) is 17.4. The number of nitrogens with zero attached hydrogens (tertiary/aromatic N) is 3. The number of para-hydroxylation sites is 1. The summed E-state index contributed by atoms with van der Waals surface area (Å²) in [5, 5.41) is 1.02. The number of fused-ring (bicyclic) bond motifs is 1. The minimum Gasteiger partial charge on any atom is -0.324 e. The van der Waals surface area contributed by atoms with E-state index in [0.717, 1.165) is 67.1 Å². The Morgan fingerprint density at radius 3 is 2.40 bits per heavy atom. The highest BCUT2D eigenvalue weighted by atomic mass is 32.2. The summed E-state index contributed by atoms with van der Waals surface area (Å²) < 4.78 is 41.5. The molecule has 1 fully saturated rings. The summed E-state index contributed by atoms with van der Waals surface area (Å²) in [5.74, 6) is 0. The predicted molar refractivity (Wildman–Crippen MR) is 115 cm³/mol. The van der Waals surface area contributed by atoms with Crippen LogP contribution in [-0.4, -0.2) is 48.0 Å². The normalized spacial score (nSPS) is 16.1. The fraction of sp³-hybridized carbons (Fsp3) is 0.318. The molecule has 1 aliphatic heterocycles. The molecule has 0 saturated carbocycles. The molecule has 2 aromatic carbocycles. The summed E-state index contributed by atoms with van der Waals surface area (Å²) in [5.41, 5.74) is 2.08. The van der Waals surface area contributed by atoms with Crippen LogP contribution >= 0.6 is 11.9 Å². The number of halogens is 3. The quantitative estimate of drug-likeness (QED) is 0.566. The zero-order chi connectivity index (χ0) is 21.1. The Bertz CT molecular complexity index is 999. The van der Waals surface area contributed by atoms with Crippen molar-refractivity contribution < 1.29 is 13.2 Å². The van der Waals surface area contributed by atoms with Crippen molar-refractivity contribution in [2.75, 3.05) is 37.9 Å². The minimum atomic E-state index is -4.32. The van der Waals surface area contributed by atoms with Crippen molar-refractivity contribution in [2.45, 2.75) is 17.6 Å². The molecule has 1 saturated heterocycles. The highest BCUT2D eigenvalue weighted by molar-refractivity contribution is 8.00. The zero-order valence-electron chi connectivity index (χ0n) is 16.6. The van der Waals surface area contributed by atoms with Gasteiger partial charge < -0.3 is 9.62 Å². The first-order valence-electron chi connectivity index (χ1n) is 9.78. The monoisotopic (exact) mass is 432 g/mol. The van der Waals surface area contributed by atoms with E-state index in [-0.39, 0.29) is 0 Å². The average molecular weight is 433 g/mol. The van der Waals surface area contributed by atoms with Gasteiger partial charge in [-0.15, -0.1) is 0 Å². The number of benzene rings is 2. The van der Waals surface area contributed by atoms with E-state index in [9.17, 15) is 13.2 Å². The standard InChI is InChI=1S/C22H23F3N4S/c1-28-11-13-29(14-12-28)15-18-8-5-16-3-2-4-20(21(16)26-18)27-30-19-9-6-17(7-10-19)22(23,24)25/h2-10,27H,11-15H2,1H3. The number of aromatic nitrogens is 1. The first kappa shape index (κ1) is 21.0. The SMILES string of the molecule is CN1CCN(Cc2ccc3cccc(NSc4ccc(C(F)(F)F)cc4)c3n2)CC1. The molecule has 0 aliphatic carbocycles. The smallest absolute Gasteiger partial charge is 0.324 e. The average Bonchev–Trinajstić information content (AvgIpc) is 2.73. The molecule has 1 aliphatic rings. The molecule has 3 aromatic rings.